The lowest BCUT2D eigenvalue weighted by Gasteiger charge is -2.06. The molecular weight excluding hydrogens is 228 g/mol. The average Bonchev–Trinajstić information content (AvgIpc) is 2.54. The monoisotopic (exact) mass is 246 g/mol. The molecule has 1 aromatic heterocycles. The number of aryl methyl sites for hydroxylation is 2. The molecule has 7 heteroatoms. The molecule has 0 radical (unpaired) electrons. The number of nitrogens with one attached hydrogen (secondary N) is 3. The van der Waals surface area contributed by atoms with Crippen molar-refractivity contribution in [1.82, 2.24) is 20.2 Å². The molecule has 6 nitrogen and oxygen atoms in total. The molecule has 0 aliphatic carbocycles. The van der Waals surface area contributed by atoms with Crippen LogP contribution in [-0.2, 0) is 10.0 Å². The molecule has 0 saturated carbocycles. The largest absolute Gasteiger partial charge is 0.320 e. The Morgan fingerprint density at radius 2 is 2.00 bits per heavy atom. The summed E-state index contributed by atoms with van der Waals surface area (Å²) in [4.78, 5) is 0.261. The molecule has 0 bridgehead atoms. The number of hydrogen-bond donors (Lipinski definition) is 3. The maximum atomic E-state index is 11.9. The molecular formula is C9H18N4O2S. The van der Waals surface area contributed by atoms with Crippen LogP contribution in [0.3, 0.4) is 0 Å². The highest BCUT2D eigenvalue weighted by Crippen LogP contribution is 2.15. The van der Waals surface area contributed by atoms with Crippen molar-refractivity contribution in [2.45, 2.75) is 25.2 Å². The summed E-state index contributed by atoms with van der Waals surface area (Å²) in [5.74, 6) is 0. The van der Waals surface area contributed by atoms with E-state index in [0.717, 1.165) is 13.0 Å². The zero-order chi connectivity index (χ0) is 12.2. The Bertz CT molecular complexity index is 419. The van der Waals surface area contributed by atoms with Gasteiger partial charge in [0.2, 0.25) is 10.0 Å². The van der Waals surface area contributed by atoms with Gasteiger partial charge in [-0.1, -0.05) is 0 Å². The van der Waals surface area contributed by atoms with Gasteiger partial charge in [-0.05, 0) is 33.9 Å². The van der Waals surface area contributed by atoms with Crippen molar-refractivity contribution in [3.8, 4) is 0 Å². The van der Waals surface area contributed by atoms with Crippen LogP contribution in [0.1, 0.15) is 17.8 Å². The summed E-state index contributed by atoms with van der Waals surface area (Å²) in [7, 11) is -1.60. The molecule has 1 heterocycles. The van der Waals surface area contributed by atoms with Crippen molar-refractivity contribution in [2.24, 2.45) is 0 Å². The average molecular weight is 246 g/mol. The molecule has 3 N–H and O–H groups in total. The zero-order valence-corrected chi connectivity index (χ0v) is 10.6. The van der Waals surface area contributed by atoms with Crippen molar-refractivity contribution in [3.63, 3.8) is 0 Å². The second-order valence-corrected chi connectivity index (χ2v) is 5.32. The van der Waals surface area contributed by atoms with Crippen LogP contribution in [0.15, 0.2) is 4.90 Å². The van der Waals surface area contributed by atoms with E-state index in [1.54, 1.807) is 13.8 Å². The van der Waals surface area contributed by atoms with Crippen molar-refractivity contribution in [3.05, 3.63) is 11.4 Å². The summed E-state index contributed by atoms with van der Waals surface area (Å²) in [5.41, 5.74) is 1.07. The Balaban J connectivity index is 2.71. The van der Waals surface area contributed by atoms with E-state index in [2.05, 4.69) is 20.2 Å². The van der Waals surface area contributed by atoms with Crippen LogP contribution >= 0.6 is 0 Å². The highest BCUT2D eigenvalue weighted by molar-refractivity contribution is 7.89. The second kappa shape index (κ2) is 5.42. The molecule has 0 aromatic carbocycles. The van der Waals surface area contributed by atoms with Gasteiger partial charge in [-0.2, -0.15) is 5.10 Å². The van der Waals surface area contributed by atoms with E-state index < -0.39 is 10.0 Å². The summed E-state index contributed by atoms with van der Waals surface area (Å²) in [5, 5.41) is 9.49. The van der Waals surface area contributed by atoms with Gasteiger partial charge < -0.3 is 5.32 Å². The van der Waals surface area contributed by atoms with Gasteiger partial charge in [0, 0.05) is 6.54 Å². The lowest BCUT2D eigenvalue weighted by atomic mass is 10.4. The van der Waals surface area contributed by atoms with Crippen LogP contribution in [0.2, 0.25) is 0 Å². The number of aromatic nitrogens is 2. The fraction of sp³-hybridized carbons (Fsp3) is 0.667. The third-order valence-electron chi connectivity index (χ3n) is 2.22. The van der Waals surface area contributed by atoms with Gasteiger partial charge in [-0.15, -0.1) is 0 Å². The van der Waals surface area contributed by atoms with Crippen LogP contribution in [0.5, 0.6) is 0 Å². The predicted molar refractivity (Wildman–Crippen MR) is 61.8 cm³/mol. The van der Waals surface area contributed by atoms with Crippen molar-refractivity contribution >= 4 is 10.0 Å². The van der Waals surface area contributed by atoms with Gasteiger partial charge in [-0.25, -0.2) is 13.1 Å². The topological polar surface area (TPSA) is 86.9 Å². The Kier molecular flexibility index (Phi) is 4.45. The van der Waals surface area contributed by atoms with E-state index >= 15 is 0 Å². The van der Waals surface area contributed by atoms with E-state index in [1.807, 2.05) is 7.05 Å². The lowest BCUT2D eigenvalue weighted by molar-refractivity contribution is 0.576. The molecule has 0 saturated heterocycles. The van der Waals surface area contributed by atoms with E-state index in [4.69, 9.17) is 0 Å². The molecule has 0 aliphatic heterocycles. The minimum atomic E-state index is -3.43. The highest BCUT2D eigenvalue weighted by Gasteiger charge is 2.21. The molecule has 0 spiro atoms. The summed E-state index contributed by atoms with van der Waals surface area (Å²) >= 11 is 0. The maximum absolute atomic E-state index is 11.9. The molecule has 0 amide bonds. The Morgan fingerprint density at radius 1 is 1.31 bits per heavy atom. The van der Waals surface area contributed by atoms with Gasteiger partial charge in [0.1, 0.15) is 4.90 Å². The number of sulfonamides is 1. The smallest absolute Gasteiger partial charge is 0.244 e. The van der Waals surface area contributed by atoms with Crippen molar-refractivity contribution < 1.29 is 8.42 Å². The molecule has 16 heavy (non-hydrogen) atoms. The molecule has 1 aromatic rings. The van der Waals surface area contributed by atoms with E-state index in [-0.39, 0.29) is 4.90 Å². The Morgan fingerprint density at radius 3 is 2.50 bits per heavy atom. The molecule has 0 fully saturated rings. The molecule has 0 unspecified atom stereocenters. The fourth-order valence-electron chi connectivity index (χ4n) is 1.48. The summed E-state index contributed by atoms with van der Waals surface area (Å²) < 4.78 is 26.4. The van der Waals surface area contributed by atoms with E-state index in [0.29, 0.717) is 17.9 Å². The first-order valence-corrected chi connectivity index (χ1v) is 6.63. The van der Waals surface area contributed by atoms with Crippen LogP contribution in [0.25, 0.3) is 0 Å². The van der Waals surface area contributed by atoms with Gasteiger partial charge in [-0.3, -0.25) is 5.10 Å². The van der Waals surface area contributed by atoms with Gasteiger partial charge in [0.25, 0.3) is 0 Å². The Hall–Kier alpha value is -0.920. The number of nitrogens with zero attached hydrogens (tertiary/aromatic N) is 1. The highest BCUT2D eigenvalue weighted by atomic mass is 32.2. The van der Waals surface area contributed by atoms with Crippen LogP contribution < -0.4 is 10.0 Å². The third kappa shape index (κ3) is 3.03. The predicted octanol–water partition coefficient (Wildman–Crippen LogP) is -0.0857. The molecule has 1 rings (SSSR count). The summed E-state index contributed by atoms with van der Waals surface area (Å²) in [6.45, 7) is 4.58. The van der Waals surface area contributed by atoms with Crippen LogP contribution in [0, 0.1) is 13.8 Å². The van der Waals surface area contributed by atoms with Crippen LogP contribution in [-0.4, -0.2) is 38.8 Å². The van der Waals surface area contributed by atoms with Gasteiger partial charge in [0.05, 0.1) is 11.4 Å². The first-order chi connectivity index (χ1) is 7.49. The van der Waals surface area contributed by atoms with E-state index in [9.17, 15) is 8.42 Å². The Labute approximate surface area is 95.9 Å². The maximum Gasteiger partial charge on any atom is 0.244 e. The summed E-state index contributed by atoms with van der Waals surface area (Å²) in [6.07, 6.45) is 0.756. The quantitative estimate of drug-likeness (QED) is 0.612. The molecule has 0 aliphatic rings. The van der Waals surface area contributed by atoms with Crippen molar-refractivity contribution in [1.29, 1.82) is 0 Å². The van der Waals surface area contributed by atoms with E-state index in [1.165, 1.54) is 0 Å². The number of rotatable bonds is 6. The second-order valence-electron chi connectivity index (χ2n) is 3.62. The molecule has 92 valence electrons. The number of hydrogen-bond acceptors (Lipinski definition) is 4. The number of H-pyrrole nitrogens is 1. The zero-order valence-electron chi connectivity index (χ0n) is 9.79. The summed E-state index contributed by atoms with van der Waals surface area (Å²) in [6, 6.07) is 0. The van der Waals surface area contributed by atoms with Crippen LogP contribution in [0.4, 0.5) is 0 Å². The first kappa shape index (κ1) is 13.1. The van der Waals surface area contributed by atoms with Crippen molar-refractivity contribution in [2.75, 3.05) is 20.1 Å². The fourth-order valence-corrected chi connectivity index (χ4v) is 2.92. The number of aromatic amines is 1. The van der Waals surface area contributed by atoms with Gasteiger partial charge >= 0.3 is 0 Å². The third-order valence-corrected chi connectivity index (χ3v) is 3.95. The SMILES string of the molecule is CNCCCNS(=O)(=O)c1c(C)n[nH]c1C. The minimum absolute atomic E-state index is 0.261. The standard InChI is InChI=1S/C9H18N4O2S/c1-7-9(8(2)13-12-7)16(14,15)11-6-4-5-10-3/h10-11H,4-6H2,1-3H3,(H,12,13). The minimum Gasteiger partial charge on any atom is -0.320 e. The van der Waals surface area contributed by atoms with Gasteiger partial charge in [0.15, 0.2) is 0 Å². The normalized spacial score (nSPS) is 11.9. The first-order valence-electron chi connectivity index (χ1n) is 5.15. The lowest BCUT2D eigenvalue weighted by Crippen LogP contribution is -2.27. The molecule has 0 atom stereocenters.